The lowest BCUT2D eigenvalue weighted by Crippen LogP contribution is -2.53. The number of hydrogen-bond acceptors (Lipinski definition) is 5. The maximum absolute atomic E-state index is 9.62. The fourth-order valence-electron chi connectivity index (χ4n) is 3.21. The lowest BCUT2D eigenvalue weighted by atomic mass is 9.55. The van der Waals surface area contributed by atoms with Crippen molar-refractivity contribution in [2.45, 2.75) is 32.9 Å². The molecule has 94 valence electrons. The molecule has 2 heterocycles. The van der Waals surface area contributed by atoms with Gasteiger partial charge in [-0.1, -0.05) is 25.4 Å². The molecular weight excluding hydrogens is 252 g/mol. The predicted molar refractivity (Wildman–Crippen MR) is 66.1 cm³/mol. The fourth-order valence-corrected chi connectivity index (χ4v) is 3.51. The van der Waals surface area contributed by atoms with Gasteiger partial charge in [-0.15, -0.1) is 0 Å². The summed E-state index contributed by atoms with van der Waals surface area (Å²) >= 11 is 5.99. The molecule has 2 rings (SSSR count). The lowest BCUT2D eigenvalue weighted by molar-refractivity contribution is 0.0361. The zero-order valence-corrected chi connectivity index (χ0v) is 11.0. The molecule has 0 aromatic carbocycles. The maximum atomic E-state index is 9.62. The van der Waals surface area contributed by atoms with Crippen molar-refractivity contribution in [3.05, 3.63) is 0 Å². The molecule has 1 unspecified atom stereocenters. The first-order valence-electron chi connectivity index (χ1n) is 5.83. The summed E-state index contributed by atoms with van der Waals surface area (Å²) in [6.07, 6.45) is 0.586. The summed E-state index contributed by atoms with van der Waals surface area (Å²) in [5.41, 5.74) is -1.95. The van der Waals surface area contributed by atoms with Gasteiger partial charge in [0.1, 0.15) is 11.1 Å². The highest BCUT2D eigenvalue weighted by molar-refractivity contribution is 6.66. The minimum absolute atomic E-state index is 0.0730. The van der Waals surface area contributed by atoms with Crippen molar-refractivity contribution >= 4 is 22.7 Å². The first-order valence-corrected chi connectivity index (χ1v) is 6.21. The summed E-state index contributed by atoms with van der Waals surface area (Å²) in [6.45, 7) is 3.85. The molecule has 6 heteroatoms. The number of aliphatic imine (C=N–C) groups is 1. The third kappa shape index (κ3) is 1.11. The molecule has 1 N–H and O–H groups in total. The SMILES string of the molecule is CCC1(CC)[C@H]2N=C(Cl)C(C#N)[C@]1(C#N)C(=N)O2. The van der Waals surface area contributed by atoms with Crippen LogP contribution in [0.2, 0.25) is 0 Å². The highest BCUT2D eigenvalue weighted by Gasteiger charge is 2.71. The van der Waals surface area contributed by atoms with Crippen molar-refractivity contribution in [2.24, 2.45) is 21.7 Å². The van der Waals surface area contributed by atoms with E-state index < -0.39 is 23.0 Å². The highest BCUT2D eigenvalue weighted by atomic mass is 35.5. The number of nitrogens with one attached hydrogen (secondary N) is 1. The van der Waals surface area contributed by atoms with Gasteiger partial charge in [0.2, 0.25) is 5.90 Å². The third-order valence-corrected chi connectivity index (χ3v) is 4.64. The molecule has 0 spiro atoms. The van der Waals surface area contributed by atoms with Gasteiger partial charge in [-0.3, -0.25) is 5.41 Å². The standard InChI is InChI=1S/C12H13ClN4O/c1-3-11(4-2)10-17-8(13)7(5-14)12(11,6-15)9(16)18-10/h7,10,16H,3-4H2,1-2H3/t7?,10-,12+/m0/s1. The Bertz CT molecular complexity index is 511. The second kappa shape index (κ2) is 3.96. The quantitative estimate of drug-likeness (QED) is 0.830. The molecule has 3 atom stereocenters. The van der Waals surface area contributed by atoms with E-state index in [1.165, 1.54) is 0 Å². The Hall–Kier alpha value is -1.59. The van der Waals surface area contributed by atoms with Gasteiger partial charge in [0.05, 0.1) is 17.6 Å². The van der Waals surface area contributed by atoms with Crippen LogP contribution < -0.4 is 0 Å². The Kier molecular flexibility index (Phi) is 2.83. The summed E-state index contributed by atoms with van der Waals surface area (Å²) in [4.78, 5) is 4.18. The van der Waals surface area contributed by atoms with E-state index >= 15 is 0 Å². The number of fused-ring (bicyclic) bond motifs is 2. The first-order chi connectivity index (χ1) is 8.53. The van der Waals surface area contributed by atoms with Gasteiger partial charge in [0.25, 0.3) is 0 Å². The Balaban J connectivity index is 2.77. The summed E-state index contributed by atoms with van der Waals surface area (Å²) in [6, 6.07) is 4.17. The molecule has 0 aliphatic carbocycles. The van der Waals surface area contributed by atoms with Crippen LogP contribution in [-0.4, -0.2) is 17.3 Å². The van der Waals surface area contributed by atoms with Crippen molar-refractivity contribution in [1.29, 1.82) is 15.9 Å². The first kappa shape index (κ1) is 12.9. The molecule has 0 aromatic rings. The zero-order chi connectivity index (χ0) is 13.6. The summed E-state index contributed by atoms with van der Waals surface area (Å²) in [5.74, 6) is -1.10. The van der Waals surface area contributed by atoms with Crippen molar-refractivity contribution in [1.82, 2.24) is 0 Å². The van der Waals surface area contributed by atoms with E-state index in [2.05, 4.69) is 11.1 Å². The van der Waals surface area contributed by atoms with Crippen LogP contribution in [0.15, 0.2) is 4.99 Å². The Labute approximate surface area is 111 Å². The second-order valence-corrected chi connectivity index (χ2v) is 4.98. The molecule has 18 heavy (non-hydrogen) atoms. The molecule has 0 aromatic heterocycles. The van der Waals surface area contributed by atoms with Crippen LogP contribution in [0.1, 0.15) is 26.7 Å². The van der Waals surface area contributed by atoms with E-state index in [1.54, 1.807) is 0 Å². The minimum Gasteiger partial charge on any atom is -0.454 e. The maximum Gasteiger partial charge on any atom is 0.206 e. The normalized spacial score (nSPS) is 36.3. The molecular formula is C12H13ClN4O. The van der Waals surface area contributed by atoms with Crippen molar-refractivity contribution in [3.8, 4) is 12.1 Å². The smallest absolute Gasteiger partial charge is 0.206 e. The van der Waals surface area contributed by atoms with Crippen LogP contribution in [0.5, 0.6) is 0 Å². The van der Waals surface area contributed by atoms with Gasteiger partial charge in [-0.05, 0) is 12.8 Å². The Morgan fingerprint density at radius 3 is 2.50 bits per heavy atom. The average Bonchev–Trinajstić information content (AvgIpc) is 2.53. The van der Waals surface area contributed by atoms with Gasteiger partial charge in [0.15, 0.2) is 11.6 Å². The summed E-state index contributed by atoms with van der Waals surface area (Å²) < 4.78 is 5.42. The van der Waals surface area contributed by atoms with Crippen LogP contribution in [-0.2, 0) is 4.74 Å². The van der Waals surface area contributed by atoms with Crippen LogP contribution >= 0.6 is 11.6 Å². The molecule has 0 radical (unpaired) electrons. The van der Waals surface area contributed by atoms with Crippen LogP contribution in [0.3, 0.4) is 0 Å². The number of nitriles is 2. The third-order valence-electron chi connectivity index (χ3n) is 4.32. The van der Waals surface area contributed by atoms with E-state index in [4.69, 9.17) is 21.7 Å². The van der Waals surface area contributed by atoms with E-state index in [0.29, 0.717) is 12.8 Å². The molecule has 0 amide bonds. The van der Waals surface area contributed by atoms with Crippen molar-refractivity contribution in [2.75, 3.05) is 0 Å². The van der Waals surface area contributed by atoms with E-state index in [-0.39, 0.29) is 11.1 Å². The average molecular weight is 265 g/mol. The molecule has 1 saturated heterocycles. The Morgan fingerprint density at radius 2 is 2.06 bits per heavy atom. The van der Waals surface area contributed by atoms with Crippen LogP contribution in [0.4, 0.5) is 0 Å². The van der Waals surface area contributed by atoms with Crippen molar-refractivity contribution < 1.29 is 4.74 Å². The van der Waals surface area contributed by atoms with E-state index in [1.807, 2.05) is 19.9 Å². The van der Waals surface area contributed by atoms with Crippen LogP contribution in [0.25, 0.3) is 0 Å². The van der Waals surface area contributed by atoms with Gasteiger partial charge in [-0.2, -0.15) is 10.5 Å². The number of halogens is 1. The number of hydrogen-bond donors (Lipinski definition) is 1. The van der Waals surface area contributed by atoms with Gasteiger partial charge >= 0.3 is 0 Å². The predicted octanol–water partition coefficient (Wildman–Crippen LogP) is 2.43. The Morgan fingerprint density at radius 1 is 1.44 bits per heavy atom. The molecule has 1 fully saturated rings. The van der Waals surface area contributed by atoms with Crippen LogP contribution in [0, 0.1) is 44.8 Å². The monoisotopic (exact) mass is 264 g/mol. The van der Waals surface area contributed by atoms with Gasteiger partial charge < -0.3 is 4.74 Å². The second-order valence-electron chi connectivity index (χ2n) is 4.60. The number of rotatable bonds is 2. The van der Waals surface area contributed by atoms with E-state index in [0.717, 1.165) is 0 Å². The number of ether oxygens (including phenoxy) is 1. The summed E-state index contributed by atoms with van der Waals surface area (Å²) in [7, 11) is 0. The lowest BCUT2D eigenvalue weighted by Gasteiger charge is -2.43. The molecule has 2 bridgehead atoms. The molecule has 2 aliphatic heterocycles. The largest absolute Gasteiger partial charge is 0.454 e. The minimum atomic E-state index is -1.31. The number of nitrogens with zero attached hydrogens (tertiary/aromatic N) is 3. The fraction of sp³-hybridized carbons (Fsp3) is 0.667. The van der Waals surface area contributed by atoms with Crippen molar-refractivity contribution in [3.63, 3.8) is 0 Å². The van der Waals surface area contributed by atoms with Gasteiger partial charge in [0, 0.05) is 0 Å². The molecule has 2 aliphatic rings. The van der Waals surface area contributed by atoms with Gasteiger partial charge in [-0.25, -0.2) is 4.99 Å². The highest BCUT2D eigenvalue weighted by Crippen LogP contribution is 2.61. The molecule has 5 nitrogen and oxygen atoms in total. The van der Waals surface area contributed by atoms with E-state index in [9.17, 15) is 10.5 Å². The zero-order valence-electron chi connectivity index (χ0n) is 10.2. The summed E-state index contributed by atoms with van der Waals surface area (Å²) in [5, 5.41) is 27.0. The molecule has 0 saturated carbocycles. The topological polar surface area (TPSA) is 93.0 Å².